The van der Waals surface area contributed by atoms with Crippen molar-refractivity contribution in [3.8, 4) is 11.3 Å². The van der Waals surface area contributed by atoms with E-state index >= 15 is 0 Å². The van der Waals surface area contributed by atoms with Crippen molar-refractivity contribution in [2.24, 2.45) is 0 Å². The fourth-order valence-corrected chi connectivity index (χ4v) is 4.58. The van der Waals surface area contributed by atoms with Crippen molar-refractivity contribution >= 4 is 32.7 Å². The molecule has 2 aromatic carbocycles. The fraction of sp³-hybridized carbons (Fsp3) is 0.100. The van der Waals surface area contributed by atoms with E-state index in [-0.39, 0.29) is 10.8 Å². The van der Waals surface area contributed by atoms with E-state index in [1.54, 1.807) is 37.4 Å². The van der Waals surface area contributed by atoms with E-state index in [1.165, 1.54) is 6.20 Å². The molecule has 0 bridgehead atoms. The van der Waals surface area contributed by atoms with Crippen LogP contribution >= 0.6 is 0 Å². The lowest BCUT2D eigenvalue weighted by Gasteiger charge is -2.10. The van der Waals surface area contributed by atoms with Gasteiger partial charge in [0.1, 0.15) is 5.82 Å². The van der Waals surface area contributed by atoms with Gasteiger partial charge < -0.3 is 11.1 Å². The molecule has 0 aliphatic rings. The van der Waals surface area contributed by atoms with Crippen LogP contribution in [0.2, 0.25) is 0 Å². The highest BCUT2D eigenvalue weighted by molar-refractivity contribution is 7.90. The molecule has 0 amide bonds. The zero-order valence-electron chi connectivity index (χ0n) is 16.1. The maximum atomic E-state index is 13.3. The number of halogens is 3. The minimum absolute atomic E-state index is 0.00396. The lowest BCUT2D eigenvalue weighted by molar-refractivity contribution is -0.137. The Labute approximate surface area is 175 Å². The van der Waals surface area contributed by atoms with Gasteiger partial charge in [-0.05, 0) is 30.3 Å². The number of nitrogens with one attached hydrogen (secondary N) is 1. The number of hydrogen-bond donors (Lipinski definition) is 2. The quantitative estimate of drug-likeness (QED) is 0.491. The summed E-state index contributed by atoms with van der Waals surface area (Å²) in [4.78, 5) is 7.96. The van der Waals surface area contributed by atoms with Gasteiger partial charge in [0.25, 0.3) is 10.0 Å². The fourth-order valence-electron chi connectivity index (χ4n) is 3.21. The average Bonchev–Trinajstić information content (AvgIpc) is 3.13. The first-order valence-corrected chi connectivity index (χ1v) is 10.4. The number of anilines is 2. The Balaban J connectivity index is 1.90. The summed E-state index contributed by atoms with van der Waals surface area (Å²) in [5.41, 5.74) is 6.07. The highest BCUT2D eigenvalue weighted by atomic mass is 32.2. The molecule has 2 heterocycles. The summed E-state index contributed by atoms with van der Waals surface area (Å²) >= 11 is 0. The van der Waals surface area contributed by atoms with E-state index in [0.717, 1.165) is 28.2 Å². The molecule has 4 aromatic rings. The molecule has 0 spiro atoms. The lowest BCUT2D eigenvalue weighted by atomic mass is 10.1. The van der Waals surface area contributed by atoms with E-state index in [9.17, 15) is 21.6 Å². The van der Waals surface area contributed by atoms with Gasteiger partial charge in [0.05, 0.1) is 21.7 Å². The standard InChI is InChI=1S/C20H16F3N5O2S/c1-25-18-10-16(26-19(24)27-18)15-11-28(17-5-3-2-4-14(15)17)31(29,30)13-8-6-12(7-9-13)20(21,22)23/h2-11H,1H3,(H3,24,25,26,27). The Kier molecular flexibility index (Phi) is 4.85. The summed E-state index contributed by atoms with van der Waals surface area (Å²) in [6, 6.07) is 11.7. The summed E-state index contributed by atoms with van der Waals surface area (Å²) in [6.45, 7) is 0. The van der Waals surface area contributed by atoms with Crippen molar-refractivity contribution in [1.82, 2.24) is 13.9 Å². The summed E-state index contributed by atoms with van der Waals surface area (Å²) in [7, 11) is -2.53. The lowest BCUT2D eigenvalue weighted by Crippen LogP contribution is -2.12. The first kappa shape index (κ1) is 20.7. The largest absolute Gasteiger partial charge is 0.416 e. The minimum atomic E-state index is -4.56. The molecule has 7 nitrogen and oxygen atoms in total. The van der Waals surface area contributed by atoms with Gasteiger partial charge in [0, 0.05) is 30.3 Å². The molecule has 0 atom stereocenters. The Hall–Kier alpha value is -3.60. The van der Waals surface area contributed by atoms with Crippen molar-refractivity contribution < 1.29 is 21.6 Å². The Morgan fingerprint density at radius 3 is 2.35 bits per heavy atom. The maximum absolute atomic E-state index is 13.3. The molecule has 0 aliphatic heterocycles. The molecule has 0 fully saturated rings. The molecule has 11 heteroatoms. The van der Waals surface area contributed by atoms with E-state index in [1.807, 2.05) is 0 Å². The molecule has 0 radical (unpaired) electrons. The van der Waals surface area contributed by atoms with Crippen LogP contribution < -0.4 is 11.1 Å². The number of benzene rings is 2. The smallest absolute Gasteiger partial charge is 0.373 e. The van der Waals surface area contributed by atoms with Crippen molar-refractivity contribution in [2.75, 3.05) is 18.1 Å². The third-order valence-corrected chi connectivity index (χ3v) is 6.38. The number of hydrogen-bond acceptors (Lipinski definition) is 6. The van der Waals surface area contributed by atoms with Gasteiger partial charge in [0.15, 0.2) is 0 Å². The molecule has 0 aliphatic carbocycles. The number of alkyl halides is 3. The Bertz CT molecular complexity index is 1380. The van der Waals surface area contributed by atoms with Crippen molar-refractivity contribution in [3.63, 3.8) is 0 Å². The van der Waals surface area contributed by atoms with Gasteiger partial charge in [-0.3, -0.25) is 0 Å². The second-order valence-corrected chi connectivity index (χ2v) is 8.44. The number of nitrogen functional groups attached to an aromatic ring is 1. The predicted molar refractivity (Wildman–Crippen MR) is 111 cm³/mol. The zero-order chi connectivity index (χ0) is 22.4. The van der Waals surface area contributed by atoms with Crippen LogP contribution in [-0.4, -0.2) is 29.4 Å². The molecule has 2 aromatic heterocycles. The summed E-state index contributed by atoms with van der Waals surface area (Å²) in [5, 5.41) is 3.44. The van der Waals surface area contributed by atoms with Crippen LogP contribution in [0, 0.1) is 0 Å². The van der Waals surface area contributed by atoms with Crippen LogP contribution in [0.1, 0.15) is 5.56 Å². The van der Waals surface area contributed by atoms with Crippen LogP contribution in [0.15, 0.2) is 65.7 Å². The zero-order valence-corrected chi connectivity index (χ0v) is 16.9. The topological polar surface area (TPSA) is 103 Å². The van der Waals surface area contributed by atoms with Gasteiger partial charge in [-0.1, -0.05) is 18.2 Å². The van der Waals surface area contributed by atoms with Crippen LogP contribution in [0.3, 0.4) is 0 Å². The van der Waals surface area contributed by atoms with Crippen molar-refractivity contribution in [3.05, 3.63) is 66.4 Å². The SMILES string of the molecule is CNc1cc(-c2cn(S(=O)(=O)c3ccc(C(F)(F)F)cc3)c3ccccc23)nc(N)n1. The Morgan fingerprint density at radius 1 is 1.03 bits per heavy atom. The molecule has 0 unspecified atom stereocenters. The van der Waals surface area contributed by atoms with Crippen LogP contribution in [-0.2, 0) is 16.2 Å². The van der Waals surface area contributed by atoms with Gasteiger partial charge in [0.2, 0.25) is 5.95 Å². The van der Waals surface area contributed by atoms with Gasteiger partial charge in [-0.2, -0.15) is 18.2 Å². The van der Waals surface area contributed by atoms with E-state index in [4.69, 9.17) is 5.73 Å². The monoisotopic (exact) mass is 447 g/mol. The highest BCUT2D eigenvalue weighted by Crippen LogP contribution is 2.34. The van der Waals surface area contributed by atoms with Crippen LogP contribution in [0.4, 0.5) is 24.9 Å². The number of rotatable bonds is 4. The van der Waals surface area contributed by atoms with E-state index in [2.05, 4.69) is 15.3 Å². The van der Waals surface area contributed by atoms with Gasteiger partial charge >= 0.3 is 6.18 Å². The molecule has 0 saturated heterocycles. The molecule has 4 rings (SSSR count). The molecular formula is C20H16F3N5O2S. The summed E-state index contributed by atoms with van der Waals surface area (Å²) < 4.78 is 66.1. The second kappa shape index (κ2) is 7.27. The van der Waals surface area contributed by atoms with Crippen LogP contribution in [0.25, 0.3) is 22.2 Å². The summed E-state index contributed by atoms with van der Waals surface area (Å²) in [6.07, 6.45) is -3.19. The number of nitrogens with two attached hydrogens (primary N) is 1. The first-order valence-electron chi connectivity index (χ1n) is 8.97. The number of nitrogens with zero attached hydrogens (tertiary/aromatic N) is 3. The normalized spacial score (nSPS) is 12.3. The second-order valence-electron chi connectivity index (χ2n) is 6.63. The van der Waals surface area contributed by atoms with E-state index < -0.39 is 21.8 Å². The number of para-hydroxylation sites is 1. The third-order valence-electron chi connectivity index (χ3n) is 4.69. The number of fused-ring (bicyclic) bond motifs is 1. The van der Waals surface area contributed by atoms with E-state index in [0.29, 0.717) is 28.0 Å². The Morgan fingerprint density at radius 2 is 1.71 bits per heavy atom. The van der Waals surface area contributed by atoms with Crippen molar-refractivity contribution in [2.45, 2.75) is 11.1 Å². The summed E-state index contributed by atoms with van der Waals surface area (Å²) in [5.74, 6) is 0.453. The predicted octanol–water partition coefficient (Wildman–Crippen LogP) is 3.98. The average molecular weight is 447 g/mol. The van der Waals surface area contributed by atoms with Crippen molar-refractivity contribution in [1.29, 1.82) is 0 Å². The molecule has 0 saturated carbocycles. The third kappa shape index (κ3) is 3.67. The maximum Gasteiger partial charge on any atom is 0.416 e. The van der Waals surface area contributed by atoms with Gasteiger partial charge in [-0.25, -0.2) is 17.4 Å². The molecule has 31 heavy (non-hydrogen) atoms. The van der Waals surface area contributed by atoms with Crippen LogP contribution in [0.5, 0.6) is 0 Å². The molecular weight excluding hydrogens is 431 g/mol. The minimum Gasteiger partial charge on any atom is -0.373 e. The number of aromatic nitrogens is 3. The molecule has 3 N–H and O–H groups in total. The molecule has 160 valence electrons. The first-order chi connectivity index (χ1) is 14.6. The van der Waals surface area contributed by atoms with Gasteiger partial charge in [-0.15, -0.1) is 0 Å². The highest BCUT2D eigenvalue weighted by Gasteiger charge is 2.31.